The Morgan fingerprint density at radius 2 is 1.75 bits per heavy atom. The Morgan fingerprint density at radius 1 is 1.19 bits per heavy atom. The van der Waals surface area contributed by atoms with Crippen molar-refractivity contribution < 1.29 is 4.79 Å². The summed E-state index contributed by atoms with van der Waals surface area (Å²) in [6, 6.07) is 6.31. The molecule has 0 bridgehead atoms. The number of Topliss-reactive ketones (excluding diaryl/α,β-unsaturated/α-hetero) is 1. The molecule has 1 aromatic carbocycles. The number of aryl methyl sites for hydroxylation is 2. The molecule has 16 heavy (non-hydrogen) atoms. The summed E-state index contributed by atoms with van der Waals surface area (Å²) in [5.74, 6) is 0.245. The lowest BCUT2D eigenvalue weighted by atomic mass is 9.98. The lowest BCUT2D eigenvalue weighted by Gasteiger charge is -2.06. The summed E-state index contributed by atoms with van der Waals surface area (Å²) < 4.78 is 0. The van der Waals surface area contributed by atoms with E-state index in [2.05, 4.69) is 32.0 Å². The molecule has 1 aromatic rings. The lowest BCUT2D eigenvalue weighted by Crippen LogP contribution is -2.06. The zero-order chi connectivity index (χ0) is 12.1. The van der Waals surface area contributed by atoms with Gasteiger partial charge in [-0.1, -0.05) is 42.3 Å². The van der Waals surface area contributed by atoms with Crippen LogP contribution in [0.2, 0.25) is 0 Å². The molecule has 0 aliphatic carbocycles. The molecule has 0 unspecified atom stereocenters. The van der Waals surface area contributed by atoms with E-state index < -0.39 is 0 Å². The number of carbonyl (C=O) groups is 1. The van der Waals surface area contributed by atoms with Crippen molar-refractivity contribution >= 4 is 5.78 Å². The highest BCUT2D eigenvalue weighted by Gasteiger charge is 2.08. The Morgan fingerprint density at radius 3 is 2.19 bits per heavy atom. The van der Waals surface area contributed by atoms with Gasteiger partial charge in [0.15, 0.2) is 5.78 Å². The predicted octanol–water partition coefficient (Wildman–Crippen LogP) is 3.77. The molecule has 0 heterocycles. The van der Waals surface area contributed by atoms with Crippen molar-refractivity contribution in [1.29, 1.82) is 0 Å². The summed E-state index contributed by atoms with van der Waals surface area (Å²) in [5.41, 5.74) is 4.50. The molecule has 0 atom stereocenters. The fraction of sp³-hybridized carbons (Fsp3) is 0.400. The zero-order valence-corrected chi connectivity index (χ0v) is 10.6. The highest BCUT2D eigenvalue weighted by Crippen LogP contribution is 2.12. The highest BCUT2D eigenvalue weighted by molar-refractivity contribution is 5.96. The van der Waals surface area contributed by atoms with E-state index >= 15 is 0 Å². The fourth-order valence-electron chi connectivity index (χ4n) is 2.03. The molecule has 0 radical (unpaired) electrons. The molecule has 0 aliphatic rings. The molecule has 1 heteroatoms. The Hall–Kier alpha value is -1.37. The van der Waals surface area contributed by atoms with Gasteiger partial charge in [-0.05, 0) is 38.3 Å². The minimum atomic E-state index is 0.245. The van der Waals surface area contributed by atoms with Crippen LogP contribution >= 0.6 is 0 Å². The van der Waals surface area contributed by atoms with Gasteiger partial charge in [0.1, 0.15) is 0 Å². The van der Waals surface area contributed by atoms with E-state index in [0.29, 0.717) is 6.42 Å². The Bertz CT molecular complexity index is 393. The number of hydrogen-bond acceptors (Lipinski definition) is 1. The molecule has 0 saturated carbocycles. The van der Waals surface area contributed by atoms with Crippen molar-refractivity contribution in [3.63, 3.8) is 0 Å². The van der Waals surface area contributed by atoms with Crippen molar-refractivity contribution in [3.05, 3.63) is 46.5 Å². The normalized spacial score (nSPS) is 11.6. The van der Waals surface area contributed by atoms with Gasteiger partial charge in [0.2, 0.25) is 0 Å². The van der Waals surface area contributed by atoms with Crippen LogP contribution in [-0.2, 0) is 11.2 Å². The van der Waals surface area contributed by atoms with E-state index in [9.17, 15) is 4.79 Å². The number of benzene rings is 1. The summed E-state index contributed by atoms with van der Waals surface area (Å²) in [5, 5.41) is 0. The number of carbonyl (C=O) groups excluding carboxylic acids is 1. The van der Waals surface area contributed by atoms with Crippen LogP contribution in [-0.4, -0.2) is 5.78 Å². The molecule has 0 spiro atoms. The number of rotatable bonds is 4. The molecule has 0 amide bonds. The van der Waals surface area contributed by atoms with Crippen LogP contribution in [0.5, 0.6) is 0 Å². The maximum Gasteiger partial charge on any atom is 0.162 e. The second-order valence-electron chi connectivity index (χ2n) is 4.26. The highest BCUT2D eigenvalue weighted by atomic mass is 16.1. The smallest absolute Gasteiger partial charge is 0.162 e. The number of allylic oxidation sites excluding steroid dienone is 2. The van der Waals surface area contributed by atoms with Gasteiger partial charge in [-0.2, -0.15) is 0 Å². The largest absolute Gasteiger partial charge is 0.294 e. The summed E-state index contributed by atoms with van der Waals surface area (Å²) >= 11 is 0. The van der Waals surface area contributed by atoms with E-state index in [1.165, 1.54) is 11.1 Å². The van der Waals surface area contributed by atoms with Crippen LogP contribution in [0.1, 0.15) is 37.0 Å². The molecule has 0 aliphatic heterocycles. The average molecular weight is 216 g/mol. The summed E-state index contributed by atoms with van der Waals surface area (Å²) in [4.78, 5) is 11.9. The summed E-state index contributed by atoms with van der Waals surface area (Å²) in [6.07, 6.45) is 3.27. The number of hydrogen-bond donors (Lipinski definition) is 0. The monoisotopic (exact) mass is 216 g/mol. The third-order valence-electron chi connectivity index (χ3n) is 2.73. The van der Waals surface area contributed by atoms with Crippen LogP contribution in [0.4, 0.5) is 0 Å². The van der Waals surface area contributed by atoms with Crippen LogP contribution in [0.25, 0.3) is 0 Å². The van der Waals surface area contributed by atoms with Crippen molar-refractivity contribution in [2.24, 2.45) is 0 Å². The quantitative estimate of drug-likeness (QED) is 0.700. The predicted molar refractivity (Wildman–Crippen MR) is 68.7 cm³/mol. The van der Waals surface area contributed by atoms with Gasteiger partial charge >= 0.3 is 0 Å². The average Bonchev–Trinajstić information content (AvgIpc) is 2.17. The molecule has 0 N–H and O–H groups in total. The minimum Gasteiger partial charge on any atom is -0.294 e. The maximum atomic E-state index is 11.9. The SMILES string of the molecule is C/C=C(/CC)C(=O)Cc1cc(C)cc(C)c1. The van der Waals surface area contributed by atoms with Gasteiger partial charge in [-0.15, -0.1) is 0 Å². The van der Waals surface area contributed by atoms with E-state index in [0.717, 1.165) is 17.6 Å². The van der Waals surface area contributed by atoms with Crippen molar-refractivity contribution in [2.75, 3.05) is 0 Å². The molecular formula is C15H20O. The van der Waals surface area contributed by atoms with Gasteiger partial charge in [0, 0.05) is 6.42 Å². The molecular weight excluding hydrogens is 196 g/mol. The zero-order valence-electron chi connectivity index (χ0n) is 10.6. The Balaban J connectivity index is 2.84. The van der Waals surface area contributed by atoms with Gasteiger partial charge < -0.3 is 0 Å². The van der Waals surface area contributed by atoms with E-state index in [1.807, 2.05) is 19.9 Å². The van der Waals surface area contributed by atoms with E-state index in [1.54, 1.807) is 0 Å². The standard InChI is InChI=1S/C15H20O/c1-5-14(6-2)15(16)10-13-8-11(3)7-12(4)9-13/h5,7-9H,6,10H2,1-4H3/b14-5-. The number of ketones is 1. The van der Waals surface area contributed by atoms with Gasteiger partial charge in [-0.25, -0.2) is 0 Å². The third-order valence-corrected chi connectivity index (χ3v) is 2.73. The van der Waals surface area contributed by atoms with Crippen LogP contribution in [0, 0.1) is 13.8 Å². The Kier molecular flexibility index (Phi) is 4.48. The topological polar surface area (TPSA) is 17.1 Å². The maximum absolute atomic E-state index is 11.9. The second-order valence-corrected chi connectivity index (χ2v) is 4.26. The van der Waals surface area contributed by atoms with Crippen LogP contribution < -0.4 is 0 Å². The van der Waals surface area contributed by atoms with E-state index in [4.69, 9.17) is 0 Å². The molecule has 0 aromatic heterocycles. The van der Waals surface area contributed by atoms with Gasteiger partial charge in [0.25, 0.3) is 0 Å². The first-order valence-electron chi connectivity index (χ1n) is 5.82. The third kappa shape index (κ3) is 3.34. The van der Waals surface area contributed by atoms with Crippen molar-refractivity contribution in [1.82, 2.24) is 0 Å². The van der Waals surface area contributed by atoms with Gasteiger partial charge in [-0.3, -0.25) is 4.79 Å². The lowest BCUT2D eigenvalue weighted by molar-refractivity contribution is -0.115. The first kappa shape index (κ1) is 12.7. The first-order chi connectivity index (χ1) is 7.56. The van der Waals surface area contributed by atoms with Crippen molar-refractivity contribution in [2.45, 2.75) is 40.5 Å². The van der Waals surface area contributed by atoms with Gasteiger partial charge in [0.05, 0.1) is 0 Å². The van der Waals surface area contributed by atoms with Crippen LogP contribution in [0.3, 0.4) is 0 Å². The molecule has 0 fully saturated rings. The summed E-state index contributed by atoms with van der Waals surface area (Å²) in [6.45, 7) is 8.09. The van der Waals surface area contributed by atoms with E-state index in [-0.39, 0.29) is 5.78 Å². The fourth-order valence-corrected chi connectivity index (χ4v) is 2.03. The molecule has 86 valence electrons. The van der Waals surface area contributed by atoms with Crippen LogP contribution in [0.15, 0.2) is 29.8 Å². The molecule has 0 saturated heterocycles. The summed E-state index contributed by atoms with van der Waals surface area (Å²) in [7, 11) is 0. The first-order valence-corrected chi connectivity index (χ1v) is 5.82. The molecule has 1 rings (SSSR count). The second kappa shape index (κ2) is 5.64. The van der Waals surface area contributed by atoms with Crippen molar-refractivity contribution in [3.8, 4) is 0 Å². The molecule has 1 nitrogen and oxygen atoms in total. The Labute approximate surface area is 98.2 Å². The minimum absolute atomic E-state index is 0.245.